The molecule has 2 amide bonds. The van der Waals surface area contributed by atoms with Crippen LogP contribution >= 0.6 is 11.8 Å². The summed E-state index contributed by atoms with van der Waals surface area (Å²) in [7, 11) is 2.82. The molecule has 2 heterocycles. The van der Waals surface area contributed by atoms with Gasteiger partial charge in [0.15, 0.2) is 0 Å². The third-order valence-corrected chi connectivity index (χ3v) is 5.05. The number of nitrogens with zero attached hydrogens (tertiary/aromatic N) is 2. The minimum absolute atomic E-state index is 0.254. The van der Waals surface area contributed by atoms with Crippen molar-refractivity contribution < 1.29 is 23.9 Å². The van der Waals surface area contributed by atoms with E-state index in [1.807, 2.05) is 47.2 Å². The van der Waals surface area contributed by atoms with Gasteiger partial charge in [-0.25, -0.2) is 4.79 Å². The molecule has 1 fully saturated rings. The monoisotopic (exact) mass is 386 g/mol. The van der Waals surface area contributed by atoms with E-state index in [1.165, 1.54) is 14.0 Å². The predicted octanol–water partition coefficient (Wildman–Crippen LogP) is 3.08. The fourth-order valence-electron chi connectivity index (χ4n) is 2.71. The molecule has 7 nitrogen and oxygen atoms in total. The summed E-state index contributed by atoms with van der Waals surface area (Å²) in [6, 6.07) is 10.2. The van der Waals surface area contributed by atoms with Crippen LogP contribution in [0.3, 0.4) is 0 Å². The summed E-state index contributed by atoms with van der Waals surface area (Å²) in [5.41, 5.74) is 1.62. The van der Waals surface area contributed by atoms with Crippen molar-refractivity contribution in [2.24, 2.45) is 0 Å². The van der Waals surface area contributed by atoms with Crippen molar-refractivity contribution in [2.75, 3.05) is 14.2 Å². The van der Waals surface area contributed by atoms with Crippen LogP contribution in [0.4, 0.5) is 4.79 Å². The van der Waals surface area contributed by atoms with Gasteiger partial charge in [-0.15, -0.1) is 0 Å². The Bertz CT molecular complexity index is 916. The number of carbonyl (C=O) groups is 3. The van der Waals surface area contributed by atoms with Crippen molar-refractivity contribution in [3.63, 3.8) is 0 Å². The van der Waals surface area contributed by atoms with Crippen molar-refractivity contribution in [3.8, 4) is 11.4 Å². The number of methoxy groups -OCH3 is 2. The molecule has 1 aromatic carbocycles. The second-order valence-corrected chi connectivity index (χ2v) is 6.75. The maximum absolute atomic E-state index is 12.6. The average molecular weight is 386 g/mol. The molecule has 140 valence electrons. The summed E-state index contributed by atoms with van der Waals surface area (Å²) in [4.78, 5) is 37.7. The minimum Gasteiger partial charge on any atom is -0.497 e. The summed E-state index contributed by atoms with van der Waals surface area (Å²) < 4.78 is 11.7. The number of esters is 1. The summed E-state index contributed by atoms with van der Waals surface area (Å²) in [6.07, 6.45) is 3.49. The molecule has 1 atom stereocenters. The van der Waals surface area contributed by atoms with Crippen LogP contribution in [0.25, 0.3) is 11.8 Å². The molecule has 0 radical (unpaired) electrons. The molecule has 1 aromatic heterocycles. The summed E-state index contributed by atoms with van der Waals surface area (Å²) in [5, 5.41) is -0.494. The van der Waals surface area contributed by atoms with Crippen molar-refractivity contribution in [3.05, 3.63) is 53.2 Å². The number of benzene rings is 1. The van der Waals surface area contributed by atoms with Gasteiger partial charge in [0.05, 0.1) is 19.1 Å². The number of ether oxygens (including phenoxy) is 2. The lowest BCUT2D eigenvalue weighted by atomic mass is 10.2. The van der Waals surface area contributed by atoms with E-state index in [2.05, 4.69) is 4.74 Å². The van der Waals surface area contributed by atoms with Crippen molar-refractivity contribution >= 4 is 35.0 Å². The van der Waals surface area contributed by atoms with Crippen LogP contribution in [0.15, 0.2) is 47.5 Å². The Hall–Kier alpha value is -3.00. The molecule has 0 N–H and O–H groups in total. The number of carbonyl (C=O) groups excluding carboxylic acids is 3. The third kappa shape index (κ3) is 3.61. The van der Waals surface area contributed by atoms with Crippen molar-refractivity contribution in [2.45, 2.75) is 13.0 Å². The lowest BCUT2D eigenvalue weighted by Gasteiger charge is -2.18. The quantitative estimate of drug-likeness (QED) is 0.581. The molecule has 1 aliphatic rings. The van der Waals surface area contributed by atoms with Crippen molar-refractivity contribution in [1.82, 2.24) is 9.47 Å². The van der Waals surface area contributed by atoms with Gasteiger partial charge in [0.2, 0.25) is 0 Å². The fourth-order valence-corrected chi connectivity index (χ4v) is 3.61. The predicted molar refractivity (Wildman–Crippen MR) is 102 cm³/mol. The molecule has 1 saturated heterocycles. The largest absolute Gasteiger partial charge is 0.497 e. The second kappa shape index (κ2) is 7.71. The first-order valence-electron chi connectivity index (χ1n) is 8.13. The van der Waals surface area contributed by atoms with Crippen LogP contribution in [0.2, 0.25) is 0 Å². The van der Waals surface area contributed by atoms with Crippen LogP contribution in [0.1, 0.15) is 12.6 Å². The van der Waals surface area contributed by atoms with Gasteiger partial charge in [-0.1, -0.05) is 0 Å². The third-order valence-electron chi connectivity index (χ3n) is 4.16. The molecule has 0 bridgehead atoms. The zero-order chi connectivity index (χ0) is 19.6. The van der Waals surface area contributed by atoms with E-state index >= 15 is 0 Å². The summed E-state index contributed by atoms with van der Waals surface area (Å²) >= 11 is 0.804. The standard InChI is InChI=1S/C19H18N2O5S/c1-12(18(23)26-3)21-17(22)16(27-19(21)24)11-14-5-4-10-20(14)13-6-8-15(25-2)9-7-13/h4-12H,1-3H3/b16-11+/t12-/m0/s1. The number of imide groups is 1. The molecule has 8 heteroatoms. The zero-order valence-electron chi connectivity index (χ0n) is 15.0. The van der Waals surface area contributed by atoms with Gasteiger partial charge in [-0.2, -0.15) is 0 Å². The van der Waals surface area contributed by atoms with E-state index < -0.39 is 23.2 Å². The summed E-state index contributed by atoms with van der Waals surface area (Å²) in [5.74, 6) is -0.407. The highest BCUT2D eigenvalue weighted by atomic mass is 32.2. The fraction of sp³-hybridized carbons (Fsp3) is 0.211. The van der Waals surface area contributed by atoms with E-state index in [0.717, 1.165) is 33.8 Å². The van der Waals surface area contributed by atoms with Gasteiger partial charge in [-0.3, -0.25) is 14.5 Å². The highest BCUT2D eigenvalue weighted by Crippen LogP contribution is 2.34. The average Bonchev–Trinajstić information content (AvgIpc) is 3.25. The molecule has 27 heavy (non-hydrogen) atoms. The molecule has 2 aromatic rings. The number of aromatic nitrogens is 1. The topological polar surface area (TPSA) is 77.8 Å². The Morgan fingerprint density at radius 2 is 1.85 bits per heavy atom. The lowest BCUT2D eigenvalue weighted by molar-refractivity contribution is -0.148. The van der Waals surface area contributed by atoms with Gasteiger partial charge in [0, 0.05) is 17.6 Å². The number of rotatable bonds is 5. The van der Waals surface area contributed by atoms with Crippen LogP contribution in [0, 0.1) is 0 Å². The van der Waals surface area contributed by atoms with Gasteiger partial charge < -0.3 is 14.0 Å². The highest BCUT2D eigenvalue weighted by Gasteiger charge is 2.41. The molecule has 3 rings (SSSR count). The van der Waals surface area contributed by atoms with E-state index in [1.54, 1.807) is 13.2 Å². The van der Waals surface area contributed by atoms with Crippen LogP contribution in [0.5, 0.6) is 5.75 Å². The Balaban J connectivity index is 1.90. The Kier molecular flexibility index (Phi) is 5.36. The molecule has 0 saturated carbocycles. The summed E-state index contributed by atoms with van der Waals surface area (Å²) in [6.45, 7) is 1.46. The lowest BCUT2D eigenvalue weighted by Crippen LogP contribution is -2.42. The van der Waals surface area contributed by atoms with Crippen LogP contribution < -0.4 is 4.74 Å². The van der Waals surface area contributed by atoms with Crippen molar-refractivity contribution in [1.29, 1.82) is 0 Å². The number of hydrogen-bond donors (Lipinski definition) is 0. The van der Waals surface area contributed by atoms with Crippen LogP contribution in [-0.4, -0.2) is 46.8 Å². The second-order valence-electron chi connectivity index (χ2n) is 5.75. The molecular formula is C19H18N2O5S. The van der Waals surface area contributed by atoms with E-state index in [0.29, 0.717) is 0 Å². The first-order chi connectivity index (χ1) is 13.0. The first-order valence-corrected chi connectivity index (χ1v) is 8.94. The SMILES string of the molecule is COC(=O)[C@H](C)N1C(=O)S/C(=C/c2cccn2-c2ccc(OC)cc2)C1=O. The minimum atomic E-state index is -0.971. The highest BCUT2D eigenvalue weighted by molar-refractivity contribution is 8.18. The first kappa shape index (κ1) is 18.8. The maximum atomic E-state index is 12.6. The van der Waals surface area contributed by atoms with Gasteiger partial charge in [0.25, 0.3) is 11.1 Å². The number of amides is 2. The normalized spacial score (nSPS) is 16.7. The molecule has 1 aliphatic heterocycles. The Labute approximate surface area is 160 Å². The zero-order valence-corrected chi connectivity index (χ0v) is 15.9. The molecule has 0 aliphatic carbocycles. The number of hydrogen-bond acceptors (Lipinski definition) is 6. The maximum Gasteiger partial charge on any atom is 0.328 e. The van der Waals surface area contributed by atoms with Gasteiger partial charge >= 0.3 is 5.97 Å². The van der Waals surface area contributed by atoms with E-state index in [4.69, 9.17) is 4.74 Å². The van der Waals surface area contributed by atoms with E-state index in [9.17, 15) is 14.4 Å². The van der Waals surface area contributed by atoms with E-state index in [-0.39, 0.29) is 4.91 Å². The Morgan fingerprint density at radius 1 is 1.15 bits per heavy atom. The van der Waals surface area contributed by atoms with Crippen LogP contribution in [-0.2, 0) is 14.3 Å². The van der Waals surface area contributed by atoms with Gasteiger partial charge in [0.1, 0.15) is 11.8 Å². The molecule has 0 unspecified atom stereocenters. The Morgan fingerprint density at radius 3 is 2.48 bits per heavy atom. The molecular weight excluding hydrogens is 368 g/mol. The van der Waals surface area contributed by atoms with Gasteiger partial charge in [-0.05, 0) is 61.2 Å². The smallest absolute Gasteiger partial charge is 0.328 e. The number of thioether (sulfide) groups is 1. The molecule has 0 spiro atoms.